The molecule has 1 atom stereocenters. The minimum atomic E-state index is -4.47. The molecule has 0 aliphatic carbocycles. The van der Waals surface area contributed by atoms with E-state index < -0.39 is 24.7 Å². The molecule has 0 radical (unpaired) electrons. The van der Waals surface area contributed by atoms with E-state index in [0.717, 1.165) is 5.39 Å². The van der Waals surface area contributed by atoms with Crippen LogP contribution in [0.15, 0.2) is 30.7 Å². The second-order valence-electron chi connectivity index (χ2n) is 6.11. The van der Waals surface area contributed by atoms with Crippen LogP contribution in [0.4, 0.5) is 19.0 Å². The van der Waals surface area contributed by atoms with E-state index >= 15 is 0 Å². The maximum absolute atomic E-state index is 12.3. The quantitative estimate of drug-likeness (QED) is 0.672. The number of likely N-dealkylation sites (N-methyl/N-ethyl adjacent to an activating group) is 1. The minimum absolute atomic E-state index is 0.363. The minimum Gasteiger partial charge on any atom is -0.348 e. The molecule has 0 aliphatic rings. The summed E-state index contributed by atoms with van der Waals surface area (Å²) < 4.78 is 36.9. The van der Waals surface area contributed by atoms with Gasteiger partial charge in [-0.2, -0.15) is 13.2 Å². The zero-order valence-corrected chi connectivity index (χ0v) is 15.6. The fraction of sp³-hybridized carbons (Fsp3) is 0.294. The lowest BCUT2D eigenvalue weighted by Crippen LogP contribution is -2.46. The normalized spacial score (nSPS) is 12.8. The molecule has 3 aromatic rings. The zero-order chi connectivity index (χ0) is 20.5. The van der Waals surface area contributed by atoms with Crippen molar-refractivity contribution in [2.45, 2.75) is 19.1 Å². The first kappa shape index (κ1) is 19.9. The largest absolute Gasteiger partial charge is 0.405 e. The molecule has 0 aliphatic heterocycles. The van der Waals surface area contributed by atoms with Gasteiger partial charge in [-0.1, -0.05) is 11.6 Å². The Morgan fingerprint density at radius 1 is 1.39 bits per heavy atom. The van der Waals surface area contributed by atoms with Crippen molar-refractivity contribution in [1.82, 2.24) is 25.3 Å². The fourth-order valence-corrected chi connectivity index (χ4v) is 2.71. The van der Waals surface area contributed by atoms with E-state index in [1.807, 2.05) is 5.32 Å². The van der Waals surface area contributed by atoms with Crippen molar-refractivity contribution in [2.24, 2.45) is 0 Å². The number of carbonyl (C=O) groups excluding carboxylic acids is 1. The fourth-order valence-electron chi connectivity index (χ4n) is 2.55. The van der Waals surface area contributed by atoms with Gasteiger partial charge in [-0.15, -0.1) is 0 Å². The summed E-state index contributed by atoms with van der Waals surface area (Å²) in [5.41, 5.74) is 1.27. The van der Waals surface area contributed by atoms with Crippen molar-refractivity contribution in [1.29, 1.82) is 0 Å². The van der Waals surface area contributed by atoms with Crippen LogP contribution in [-0.4, -0.2) is 51.7 Å². The maximum Gasteiger partial charge on any atom is 0.405 e. The van der Waals surface area contributed by atoms with Gasteiger partial charge in [0.2, 0.25) is 5.91 Å². The van der Waals surface area contributed by atoms with Crippen LogP contribution in [0.1, 0.15) is 6.92 Å². The summed E-state index contributed by atoms with van der Waals surface area (Å²) >= 11 is 6.00. The van der Waals surface area contributed by atoms with Crippen molar-refractivity contribution in [3.05, 3.63) is 35.7 Å². The molecule has 28 heavy (non-hydrogen) atoms. The molecule has 3 heterocycles. The molecule has 2 N–H and O–H groups in total. The van der Waals surface area contributed by atoms with E-state index in [0.29, 0.717) is 27.9 Å². The SMILES string of the molecule is C[C@H](C(=O)NCC(F)(F)F)N(C)c1ccnc(-c2c[nH]c3ncc(Cl)cc23)n1. The number of pyridine rings is 1. The molecule has 11 heteroatoms. The highest BCUT2D eigenvalue weighted by molar-refractivity contribution is 6.31. The average Bonchev–Trinajstić information content (AvgIpc) is 3.07. The molecule has 0 fully saturated rings. The number of carbonyl (C=O) groups is 1. The number of anilines is 1. The zero-order valence-electron chi connectivity index (χ0n) is 14.9. The van der Waals surface area contributed by atoms with Gasteiger partial charge in [0.25, 0.3) is 0 Å². The highest BCUT2D eigenvalue weighted by Gasteiger charge is 2.29. The summed E-state index contributed by atoms with van der Waals surface area (Å²) in [6.07, 6.45) is 0.231. The number of nitrogens with one attached hydrogen (secondary N) is 2. The molecule has 0 bridgehead atoms. The van der Waals surface area contributed by atoms with Gasteiger partial charge >= 0.3 is 6.18 Å². The summed E-state index contributed by atoms with van der Waals surface area (Å²) in [5, 5.41) is 3.05. The van der Waals surface area contributed by atoms with Crippen LogP contribution in [-0.2, 0) is 4.79 Å². The lowest BCUT2D eigenvalue weighted by molar-refractivity contribution is -0.138. The van der Waals surface area contributed by atoms with Gasteiger partial charge in [-0.05, 0) is 19.1 Å². The van der Waals surface area contributed by atoms with Gasteiger partial charge in [0, 0.05) is 36.6 Å². The monoisotopic (exact) mass is 412 g/mol. The van der Waals surface area contributed by atoms with Gasteiger partial charge in [0.1, 0.15) is 24.1 Å². The molecule has 0 saturated carbocycles. The van der Waals surface area contributed by atoms with Gasteiger partial charge in [0.15, 0.2) is 5.82 Å². The number of halogens is 4. The predicted molar refractivity (Wildman–Crippen MR) is 99.1 cm³/mol. The number of hydrogen-bond donors (Lipinski definition) is 2. The lowest BCUT2D eigenvalue weighted by atomic mass is 10.2. The van der Waals surface area contributed by atoms with Crippen molar-refractivity contribution in [3.8, 4) is 11.4 Å². The molecule has 1 amide bonds. The van der Waals surface area contributed by atoms with Crippen molar-refractivity contribution in [3.63, 3.8) is 0 Å². The Morgan fingerprint density at radius 2 is 2.14 bits per heavy atom. The van der Waals surface area contributed by atoms with Gasteiger partial charge in [-0.3, -0.25) is 4.79 Å². The van der Waals surface area contributed by atoms with E-state index in [9.17, 15) is 18.0 Å². The number of hydrogen-bond acceptors (Lipinski definition) is 5. The first-order valence-electron chi connectivity index (χ1n) is 8.19. The molecule has 3 aromatic heterocycles. The number of fused-ring (bicyclic) bond motifs is 1. The molecule has 0 unspecified atom stereocenters. The molecule has 3 rings (SSSR count). The van der Waals surface area contributed by atoms with E-state index in [-0.39, 0.29) is 0 Å². The molecule has 148 valence electrons. The molecule has 0 saturated heterocycles. The third-order valence-electron chi connectivity index (χ3n) is 4.16. The first-order chi connectivity index (χ1) is 13.2. The van der Waals surface area contributed by atoms with Crippen LogP contribution in [0, 0.1) is 0 Å². The summed E-state index contributed by atoms with van der Waals surface area (Å²) in [4.78, 5) is 29.3. The molecule has 0 aromatic carbocycles. The van der Waals surface area contributed by atoms with Crippen molar-refractivity contribution >= 4 is 34.4 Å². The lowest BCUT2D eigenvalue weighted by Gasteiger charge is -2.25. The summed E-state index contributed by atoms with van der Waals surface area (Å²) in [7, 11) is 1.57. The number of amides is 1. The van der Waals surface area contributed by atoms with Crippen LogP contribution in [0.5, 0.6) is 0 Å². The van der Waals surface area contributed by atoms with Gasteiger partial charge in [0.05, 0.1) is 5.02 Å². The Hall–Kier alpha value is -2.88. The van der Waals surface area contributed by atoms with E-state index in [2.05, 4.69) is 19.9 Å². The number of aromatic nitrogens is 4. The molecule has 0 spiro atoms. The highest BCUT2D eigenvalue weighted by atomic mass is 35.5. The number of alkyl halides is 3. The second-order valence-corrected chi connectivity index (χ2v) is 6.55. The molecular weight excluding hydrogens is 397 g/mol. The first-order valence-corrected chi connectivity index (χ1v) is 8.57. The smallest absolute Gasteiger partial charge is 0.348 e. The Labute approximate surface area is 162 Å². The number of rotatable bonds is 5. The molecular formula is C17H16ClF3N6O. The summed E-state index contributed by atoms with van der Waals surface area (Å²) in [5.74, 6) is -0.0189. The third-order valence-corrected chi connectivity index (χ3v) is 4.37. The Bertz CT molecular complexity index is 1010. The Balaban J connectivity index is 1.84. The highest BCUT2D eigenvalue weighted by Crippen LogP contribution is 2.28. The molecule has 7 nitrogen and oxygen atoms in total. The Kier molecular flexibility index (Phi) is 5.41. The van der Waals surface area contributed by atoms with Crippen LogP contribution in [0.25, 0.3) is 22.4 Å². The average molecular weight is 413 g/mol. The van der Waals surface area contributed by atoms with Crippen molar-refractivity contribution in [2.75, 3.05) is 18.5 Å². The third kappa shape index (κ3) is 4.33. The number of aromatic amines is 1. The Morgan fingerprint density at radius 3 is 2.86 bits per heavy atom. The topological polar surface area (TPSA) is 86.8 Å². The maximum atomic E-state index is 12.3. The van der Waals surface area contributed by atoms with Crippen molar-refractivity contribution < 1.29 is 18.0 Å². The second kappa shape index (κ2) is 7.63. The van der Waals surface area contributed by atoms with Crippen LogP contribution < -0.4 is 10.2 Å². The standard InChI is InChI=1S/C17H16ClF3N6O/c1-9(16(28)25-8-17(19,20)21)27(2)13-3-4-22-15(26-13)12-7-24-14-11(12)5-10(18)6-23-14/h3-7,9H,8H2,1-2H3,(H,23,24)(H,25,28)/t9-/m1/s1. The summed E-state index contributed by atoms with van der Waals surface area (Å²) in [6, 6.07) is 2.42. The van der Waals surface area contributed by atoms with E-state index in [4.69, 9.17) is 11.6 Å². The van der Waals surface area contributed by atoms with Crippen LogP contribution >= 0.6 is 11.6 Å². The van der Waals surface area contributed by atoms with Gasteiger partial charge in [-0.25, -0.2) is 15.0 Å². The summed E-state index contributed by atoms with van der Waals surface area (Å²) in [6.45, 7) is 0.102. The predicted octanol–water partition coefficient (Wildman–Crippen LogP) is 3.18. The van der Waals surface area contributed by atoms with E-state index in [1.54, 1.807) is 25.4 Å². The van der Waals surface area contributed by atoms with Gasteiger partial charge < -0.3 is 15.2 Å². The van der Waals surface area contributed by atoms with E-state index in [1.165, 1.54) is 24.2 Å². The van der Waals surface area contributed by atoms with Crippen LogP contribution in [0.3, 0.4) is 0 Å². The number of nitrogens with zero attached hydrogens (tertiary/aromatic N) is 4. The number of H-pyrrole nitrogens is 1. The van der Waals surface area contributed by atoms with Crippen LogP contribution in [0.2, 0.25) is 5.02 Å².